The molecule has 0 fully saturated rings. The average Bonchev–Trinajstić information content (AvgIpc) is 3.25. The van der Waals surface area contributed by atoms with Crippen molar-refractivity contribution in [3.8, 4) is 11.3 Å². The quantitative estimate of drug-likeness (QED) is 0.159. The molecule has 0 radical (unpaired) electrons. The molecule has 12 nitrogen and oxygen atoms in total. The predicted molar refractivity (Wildman–Crippen MR) is 191 cm³/mol. The fraction of sp³-hybridized carbons (Fsp3) is 0.514. The molecule has 14 heteroatoms. The van der Waals surface area contributed by atoms with Gasteiger partial charge in [0.2, 0.25) is 5.36 Å². The van der Waals surface area contributed by atoms with Crippen LogP contribution in [0.4, 0.5) is 0 Å². The Morgan fingerprint density at radius 1 is 1.00 bits per heavy atom. The molecule has 2 aliphatic carbocycles. The van der Waals surface area contributed by atoms with Crippen molar-refractivity contribution >= 4 is 32.3 Å². The predicted octanol–water partition coefficient (Wildman–Crippen LogP) is 4.67. The number of allylic oxidation sites excluding steroid dienone is 1. The largest absolute Gasteiger partial charge is 0.748 e. The van der Waals surface area contributed by atoms with E-state index < -0.39 is 48.2 Å². The van der Waals surface area contributed by atoms with Crippen LogP contribution in [-0.4, -0.2) is 83.3 Å². The highest BCUT2D eigenvalue weighted by molar-refractivity contribution is 7.86. The number of hydrogen-bond acceptors (Lipinski definition) is 10. The molecule has 2 atom stereocenters. The van der Waals surface area contributed by atoms with E-state index in [9.17, 15) is 35.8 Å². The van der Waals surface area contributed by atoms with Gasteiger partial charge in [-0.25, -0.2) is 21.4 Å². The fourth-order valence-electron chi connectivity index (χ4n) is 7.10. The lowest BCUT2D eigenvalue weighted by Gasteiger charge is -2.30. The Kier molecular flexibility index (Phi) is 12.7. The highest BCUT2D eigenvalue weighted by Crippen LogP contribution is 2.55. The van der Waals surface area contributed by atoms with Crippen LogP contribution in [-0.2, 0) is 45.3 Å². The number of fused-ring (bicyclic) bond motifs is 2. The number of methoxy groups -OCH3 is 2. The Labute approximate surface area is 300 Å². The summed E-state index contributed by atoms with van der Waals surface area (Å²) < 4.78 is 90.7. The second-order valence-corrected chi connectivity index (χ2v) is 17.2. The third-order valence-corrected chi connectivity index (χ3v) is 11.2. The number of ether oxygens (including phenoxy) is 2. The number of hydrogen-bond donors (Lipinski definition) is 1. The van der Waals surface area contributed by atoms with Crippen LogP contribution in [0.2, 0.25) is 0 Å². The van der Waals surface area contributed by atoms with Gasteiger partial charge in [-0.05, 0) is 83.7 Å². The summed E-state index contributed by atoms with van der Waals surface area (Å²) in [4.78, 5) is 11.2. The number of aliphatic carboxylic acids is 1. The Hall–Kier alpha value is -3.40. The monoisotopic (exact) mass is 746 g/mol. The number of nitrogens with zero attached hydrogens (tertiary/aromatic N) is 1. The first-order valence-corrected chi connectivity index (χ1v) is 19.9. The maximum atomic E-state index is 12.1. The molecule has 280 valence electrons. The van der Waals surface area contributed by atoms with Gasteiger partial charge in [-0.2, -0.15) is 0 Å². The molecule has 1 aliphatic heterocycles. The summed E-state index contributed by atoms with van der Waals surface area (Å²) in [5, 5.41) is 10.4. The minimum Gasteiger partial charge on any atom is -0.748 e. The first-order valence-electron chi connectivity index (χ1n) is 16.9. The van der Waals surface area contributed by atoms with Gasteiger partial charge in [0.25, 0.3) is 0 Å². The van der Waals surface area contributed by atoms with Crippen LogP contribution in [0.1, 0.15) is 88.2 Å². The van der Waals surface area contributed by atoms with Crippen molar-refractivity contribution in [1.29, 1.82) is 0 Å². The number of carboxylic acids is 1. The van der Waals surface area contributed by atoms with Crippen LogP contribution >= 0.6 is 0 Å². The van der Waals surface area contributed by atoms with Gasteiger partial charge in [-0.1, -0.05) is 33.8 Å². The average molecular weight is 747 g/mol. The molecule has 0 bridgehead atoms. The molecule has 4 rings (SSSR count). The maximum absolute atomic E-state index is 12.1. The third kappa shape index (κ3) is 9.93. The summed E-state index contributed by atoms with van der Waals surface area (Å²) in [5.41, 5.74) is 2.59. The minimum atomic E-state index is -4.83. The summed E-state index contributed by atoms with van der Waals surface area (Å²) in [6, 6.07) is 12.1. The van der Waals surface area contributed by atoms with Crippen molar-refractivity contribution in [2.24, 2.45) is 0 Å². The molecule has 1 heterocycles. The second-order valence-electron chi connectivity index (χ2n) is 14.3. The summed E-state index contributed by atoms with van der Waals surface area (Å²) in [7, 11) is -6.06. The van der Waals surface area contributed by atoms with Crippen molar-refractivity contribution in [2.75, 3.05) is 46.3 Å². The van der Waals surface area contributed by atoms with Gasteiger partial charge in [0.15, 0.2) is 13.1 Å². The zero-order chi connectivity index (χ0) is 37.8. The number of carbonyl (C=O) groups is 1. The standard InChI is InChI=1S/C37H49NO11S2/c1-36(2,3)31-22-26(49-34-21-25(11-13-30(31)34)38(16-18-47-5)17-19-48-6)23-32-28(9-8-20-50(41,42)43)29-14-12-27(51(44,45)46)24-33(29)37(32,4)15-7-10-35(39)40/h11-14,21-24,28H,7-10,15-20H2,1-6H3,(H2-,39,40,41,42,43,44,45,46)/p-1/b32-23-. The van der Waals surface area contributed by atoms with Crippen molar-refractivity contribution in [3.63, 3.8) is 0 Å². The Balaban J connectivity index is 2.02. The molecule has 0 spiro atoms. The fourth-order valence-corrected chi connectivity index (χ4v) is 8.11. The van der Waals surface area contributed by atoms with Gasteiger partial charge in [0.05, 0.1) is 21.1 Å². The van der Waals surface area contributed by atoms with Gasteiger partial charge < -0.3 is 28.1 Å². The Morgan fingerprint density at radius 2 is 1.67 bits per heavy atom. The molecule has 0 amide bonds. The van der Waals surface area contributed by atoms with Crippen LogP contribution in [0.25, 0.3) is 17.4 Å². The molecular formula is C37H48NO11S2-. The highest BCUT2D eigenvalue weighted by atomic mass is 32.2. The normalized spacial score (nSPS) is 18.7. The van der Waals surface area contributed by atoms with E-state index in [1.807, 2.05) is 37.3 Å². The molecule has 1 aromatic carbocycles. The summed E-state index contributed by atoms with van der Waals surface area (Å²) >= 11 is 0. The molecular weight excluding hydrogens is 699 g/mol. The zero-order valence-electron chi connectivity index (χ0n) is 30.1. The molecule has 2 unspecified atom stereocenters. The SMILES string of the molecule is COCC[N+](CCOC)=c1ccc2c(C(C)(C)C)cc(/C=C3/C(CCCS(=O)(=O)[O-])c4ccc(S(=O)(=O)[O-])cc4C3(C)CCCC(=O)O)oc-2c1. The van der Waals surface area contributed by atoms with Crippen LogP contribution in [0.5, 0.6) is 0 Å². The second kappa shape index (κ2) is 16.1. The molecule has 1 aromatic rings. The van der Waals surface area contributed by atoms with Crippen molar-refractivity contribution in [1.82, 2.24) is 4.58 Å². The zero-order valence-corrected chi connectivity index (χ0v) is 31.7. The molecule has 0 saturated heterocycles. The number of carboxylic acid groups (broad SMARTS) is 1. The Morgan fingerprint density at radius 3 is 2.24 bits per heavy atom. The molecule has 0 saturated carbocycles. The maximum Gasteiger partial charge on any atom is 0.303 e. The van der Waals surface area contributed by atoms with Crippen LogP contribution in [0.15, 0.2) is 57.4 Å². The van der Waals surface area contributed by atoms with Crippen molar-refractivity contribution < 1.29 is 49.7 Å². The lowest BCUT2D eigenvalue weighted by Crippen LogP contribution is -2.35. The van der Waals surface area contributed by atoms with Crippen LogP contribution in [0, 0.1) is 0 Å². The molecule has 0 aromatic heterocycles. The van der Waals surface area contributed by atoms with E-state index in [0.29, 0.717) is 49.0 Å². The van der Waals surface area contributed by atoms with Crippen molar-refractivity contribution in [3.05, 3.63) is 75.8 Å². The summed E-state index contributed by atoms with van der Waals surface area (Å²) in [6.07, 6.45) is 2.52. The number of benzene rings is 2. The van der Waals surface area contributed by atoms with Crippen LogP contribution < -0.4 is 9.93 Å². The van der Waals surface area contributed by atoms with Crippen LogP contribution in [0.3, 0.4) is 0 Å². The van der Waals surface area contributed by atoms with Gasteiger partial charge in [-0.15, -0.1) is 0 Å². The first-order chi connectivity index (χ1) is 23.8. The van der Waals surface area contributed by atoms with E-state index in [1.54, 1.807) is 20.3 Å². The van der Waals surface area contributed by atoms with E-state index in [0.717, 1.165) is 22.1 Å². The van der Waals surface area contributed by atoms with Gasteiger partial charge >= 0.3 is 5.97 Å². The topological polar surface area (TPSA) is 186 Å². The van der Waals surface area contributed by atoms with E-state index in [-0.39, 0.29) is 37.5 Å². The molecule has 1 N–H and O–H groups in total. The van der Waals surface area contributed by atoms with E-state index in [1.165, 1.54) is 12.1 Å². The van der Waals surface area contributed by atoms with E-state index >= 15 is 0 Å². The lowest BCUT2D eigenvalue weighted by molar-refractivity contribution is -0.137. The minimum absolute atomic E-state index is 0.0321. The van der Waals surface area contributed by atoms with Gasteiger partial charge in [0, 0.05) is 49.4 Å². The molecule has 3 aliphatic rings. The number of rotatable bonds is 16. The smallest absolute Gasteiger partial charge is 0.303 e. The van der Waals surface area contributed by atoms with Gasteiger partial charge in [-0.3, -0.25) is 4.79 Å². The lowest BCUT2D eigenvalue weighted by atomic mass is 9.74. The summed E-state index contributed by atoms with van der Waals surface area (Å²) in [6.45, 7) is 10.4. The van der Waals surface area contributed by atoms with E-state index in [4.69, 9.17) is 13.9 Å². The first kappa shape index (κ1) is 40.4. The van der Waals surface area contributed by atoms with E-state index in [2.05, 4.69) is 25.3 Å². The Bertz CT molecular complexity index is 2010. The molecule has 51 heavy (non-hydrogen) atoms. The highest BCUT2D eigenvalue weighted by Gasteiger charge is 2.44. The van der Waals surface area contributed by atoms with Gasteiger partial charge in [0.1, 0.15) is 34.9 Å². The van der Waals surface area contributed by atoms with Crippen molar-refractivity contribution in [2.45, 2.75) is 81.4 Å². The summed E-state index contributed by atoms with van der Waals surface area (Å²) in [5.74, 6) is -0.960. The third-order valence-electron chi connectivity index (χ3n) is 9.62.